The predicted octanol–water partition coefficient (Wildman–Crippen LogP) is 4.79. The summed E-state index contributed by atoms with van der Waals surface area (Å²) >= 11 is 3.56. The first-order valence-electron chi connectivity index (χ1n) is 8.72. The molecule has 3 aromatic rings. The van der Waals surface area contributed by atoms with Crippen LogP contribution in [0.25, 0.3) is 0 Å². The highest BCUT2D eigenvalue weighted by molar-refractivity contribution is 9.10. The maximum absolute atomic E-state index is 10.3. The van der Waals surface area contributed by atoms with Gasteiger partial charge in [0.05, 0.1) is 11.8 Å². The third kappa shape index (κ3) is 2.77. The molecule has 6 heteroatoms. The van der Waals surface area contributed by atoms with Gasteiger partial charge in [-0.05, 0) is 42.5 Å². The third-order valence-electron chi connectivity index (χ3n) is 4.91. The molecule has 2 aliphatic heterocycles. The summed E-state index contributed by atoms with van der Waals surface area (Å²) in [5, 5.41) is 17.1. The van der Waals surface area contributed by atoms with Gasteiger partial charge in [0.1, 0.15) is 17.2 Å². The molecule has 0 radical (unpaired) electrons. The van der Waals surface area contributed by atoms with Crippen molar-refractivity contribution < 1.29 is 9.84 Å². The fourth-order valence-corrected chi connectivity index (χ4v) is 4.03. The quantitative estimate of drug-likeness (QED) is 0.645. The monoisotopic (exact) mass is 421 g/mol. The number of hydrazone groups is 1. The molecule has 2 aliphatic rings. The van der Waals surface area contributed by atoms with Crippen molar-refractivity contribution in [1.29, 1.82) is 0 Å². The number of para-hydroxylation sites is 1. The molecular weight excluding hydrogens is 406 g/mol. The van der Waals surface area contributed by atoms with Gasteiger partial charge < -0.3 is 9.84 Å². The van der Waals surface area contributed by atoms with E-state index in [0.29, 0.717) is 6.42 Å². The molecule has 0 saturated carbocycles. The fourth-order valence-electron chi connectivity index (χ4n) is 3.66. The highest BCUT2D eigenvalue weighted by atomic mass is 79.9. The number of phenolic OH excluding ortho intramolecular Hbond substituents is 1. The van der Waals surface area contributed by atoms with Crippen molar-refractivity contribution in [1.82, 2.24) is 9.99 Å². The van der Waals surface area contributed by atoms with Crippen LogP contribution in [0.15, 0.2) is 76.4 Å². The van der Waals surface area contributed by atoms with Gasteiger partial charge in [0.15, 0.2) is 0 Å². The minimum Gasteiger partial charge on any atom is -0.507 e. The van der Waals surface area contributed by atoms with E-state index in [9.17, 15) is 5.11 Å². The number of aromatic hydroxyl groups is 1. The van der Waals surface area contributed by atoms with E-state index in [4.69, 9.17) is 9.84 Å². The fraction of sp³-hybridized carbons (Fsp3) is 0.143. The number of hydrogen-bond donors (Lipinski definition) is 1. The number of nitrogens with zero attached hydrogens (tertiary/aromatic N) is 3. The molecule has 5 nitrogen and oxygen atoms in total. The average Bonchev–Trinajstić information content (AvgIpc) is 3.14. The Bertz CT molecular complexity index is 1040. The number of ether oxygens (including phenoxy) is 1. The molecule has 1 N–H and O–H groups in total. The van der Waals surface area contributed by atoms with E-state index < -0.39 is 6.23 Å². The van der Waals surface area contributed by atoms with Crippen LogP contribution in [0.4, 0.5) is 0 Å². The molecule has 2 unspecified atom stereocenters. The molecule has 0 amide bonds. The van der Waals surface area contributed by atoms with Crippen LogP contribution in [0, 0.1) is 0 Å². The zero-order valence-corrected chi connectivity index (χ0v) is 15.9. The smallest absolute Gasteiger partial charge is 0.230 e. The van der Waals surface area contributed by atoms with Gasteiger partial charge in [-0.1, -0.05) is 34.1 Å². The van der Waals surface area contributed by atoms with Crippen LogP contribution in [0.5, 0.6) is 11.5 Å². The lowest BCUT2D eigenvalue weighted by Gasteiger charge is -2.37. The summed E-state index contributed by atoms with van der Waals surface area (Å²) in [6, 6.07) is 19.1. The van der Waals surface area contributed by atoms with E-state index in [-0.39, 0.29) is 11.8 Å². The Morgan fingerprint density at radius 1 is 1.07 bits per heavy atom. The molecule has 0 spiro atoms. The lowest BCUT2D eigenvalue weighted by atomic mass is 9.96. The van der Waals surface area contributed by atoms with Crippen molar-refractivity contribution in [2.75, 3.05) is 0 Å². The van der Waals surface area contributed by atoms with Gasteiger partial charge in [-0.2, -0.15) is 5.10 Å². The number of fused-ring (bicyclic) bond motifs is 3. The lowest BCUT2D eigenvalue weighted by Crippen LogP contribution is -2.34. The third-order valence-corrected chi connectivity index (χ3v) is 5.40. The number of aromatic nitrogens is 1. The van der Waals surface area contributed by atoms with Crippen molar-refractivity contribution in [2.45, 2.75) is 18.7 Å². The van der Waals surface area contributed by atoms with Gasteiger partial charge in [-0.15, -0.1) is 0 Å². The number of phenols is 1. The molecule has 3 heterocycles. The van der Waals surface area contributed by atoms with Crippen LogP contribution in [-0.2, 0) is 0 Å². The first-order chi connectivity index (χ1) is 13.2. The zero-order valence-electron chi connectivity index (χ0n) is 14.3. The molecule has 0 bridgehead atoms. The first kappa shape index (κ1) is 16.3. The number of hydrogen-bond acceptors (Lipinski definition) is 5. The van der Waals surface area contributed by atoms with E-state index >= 15 is 0 Å². The lowest BCUT2D eigenvalue weighted by molar-refractivity contribution is -0.0218. The Balaban J connectivity index is 1.63. The molecule has 0 aliphatic carbocycles. The van der Waals surface area contributed by atoms with Crippen LogP contribution in [0.2, 0.25) is 0 Å². The second-order valence-electron chi connectivity index (χ2n) is 6.57. The van der Waals surface area contributed by atoms with Gasteiger partial charge in [-0.3, -0.25) is 4.98 Å². The summed E-state index contributed by atoms with van der Waals surface area (Å²) in [5.74, 6) is 1.07. The zero-order chi connectivity index (χ0) is 18.4. The van der Waals surface area contributed by atoms with Crippen molar-refractivity contribution in [2.24, 2.45) is 5.10 Å². The van der Waals surface area contributed by atoms with Gasteiger partial charge >= 0.3 is 0 Å². The van der Waals surface area contributed by atoms with E-state index in [2.05, 4.69) is 27.0 Å². The van der Waals surface area contributed by atoms with E-state index in [0.717, 1.165) is 32.8 Å². The largest absolute Gasteiger partial charge is 0.507 e. The Kier molecular flexibility index (Phi) is 3.86. The van der Waals surface area contributed by atoms with Crippen LogP contribution in [-0.4, -0.2) is 20.8 Å². The molecule has 2 aromatic carbocycles. The summed E-state index contributed by atoms with van der Waals surface area (Å²) in [6.07, 6.45) is 2.04. The summed E-state index contributed by atoms with van der Waals surface area (Å²) in [7, 11) is 0. The van der Waals surface area contributed by atoms with Gasteiger partial charge in [0.25, 0.3) is 0 Å². The molecule has 5 rings (SSSR count). The molecule has 0 saturated heterocycles. The number of pyridine rings is 1. The maximum atomic E-state index is 10.3. The summed E-state index contributed by atoms with van der Waals surface area (Å²) < 4.78 is 7.27. The molecule has 2 atom stereocenters. The number of halogens is 1. The predicted molar refractivity (Wildman–Crippen MR) is 106 cm³/mol. The Morgan fingerprint density at radius 3 is 2.74 bits per heavy atom. The summed E-state index contributed by atoms with van der Waals surface area (Å²) in [6.45, 7) is 0. The second-order valence-corrected chi connectivity index (χ2v) is 7.49. The Morgan fingerprint density at radius 2 is 1.93 bits per heavy atom. The van der Waals surface area contributed by atoms with Crippen LogP contribution in [0.1, 0.15) is 35.5 Å². The first-order valence-corrected chi connectivity index (χ1v) is 9.51. The minimum absolute atomic E-state index is 0.0212. The molecule has 27 heavy (non-hydrogen) atoms. The van der Waals surface area contributed by atoms with Crippen molar-refractivity contribution in [3.05, 3.63) is 88.2 Å². The molecular formula is C21H16BrN3O2. The minimum atomic E-state index is -0.409. The Hall–Kier alpha value is -2.86. The summed E-state index contributed by atoms with van der Waals surface area (Å²) in [5.41, 5.74) is 3.47. The average molecular weight is 422 g/mol. The topological polar surface area (TPSA) is 58.0 Å². The highest BCUT2D eigenvalue weighted by Crippen LogP contribution is 2.48. The van der Waals surface area contributed by atoms with Crippen LogP contribution >= 0.6 is 15.9 Å². The maximum Gasteiger partial charge on any atom is 0.230 e. The highest BCUT2D eigenvalue weighted by Gasteiger charge is 2.41. The summed E-state index contributed by atoms with van der Waals surface area (Å²) in [4.78, 5) is 4.47. The second kappa shape index (κ2) is 6.39. The van der Waals surface area contributed by atoms with Crippen LogP contribution in [0.3, 0.4) is 0 Å². The van der Waals surface area contributed by atoms with E-state index in [1.165, 1.54) is 0 Å². The number of rotatable bonds is 2. The van der Waals surface area contributed by atoms with Gasteiger partial charge in [0, 0.05) is 28.2 Å². The number of benzene rings is 2. The van der Waals surface area contributed by atoms with E-state index in [1.807, 2.05) is 53.5 Å². The van der Waals surface area contributed by atoms with Crippen LogP contribution < -0.4 is 4.74 Å². The van der Waals surface area contributed by atoms with Gasteiger partial charge in [0.2, 0.25) is 6.23 Å². The van der Waals surface area contributed by atoms with Crippen molar-refractivity contribution in [3.63, 3.8) is 0 Å². The van der Waals surface area contributed by atoms with Gasteiger partial charge in [-0.25, -0.2) is 5.01 Å². The van der Waals surface area contributed by atoms with Crippen molar-refractivity contribution in [3.8, 4) is 11.5 Å². The molecule has 0 fully saturated rings. The molecule has 134 valence electrons. The van der Waals surface area contributed by atoms with Crippen molar-refractivity contribution >= 4 is 21.6 Å². The van der Waals surface area contributed by atoms with E-state index in [1.54, 1.807) is 12.3 Å². The standard InChI is InChI=1S/C21H16BrN3O2/c22-13-8-9-20-15(11-13)18-12-17(14-5-1-2-7-19(14)26)24-25(18)21(27-20)16-6-3-4-10-23-16/h1-11,18,21,26H,12H2. The normalized spacial score (nSPS) is 20.5. The molecule has 1 aromatic heterocycles. The Labute approximate surface area is 165 Å². The SMILES string of the molecule is Oc1ccccc1C1=NN2C(C1)c1cc(Br)ccc1OC2c1ccccn1.